The maximum Gasteiger partial charge on any atom is 0.277 e. The van der Waals surface area contributed by atoms with Gasteiger partial charge in [-0.2, -0.15) is 0 Å². The Hall–Kier alpha value is 0.110. The van der Waals surface area contributed by atoms with Crippen LogP contribution in [0.4, 0.5) is 0 Å². The van der Waals surface area contributed by atoms with Gasteiger partial charge in [-0.25, -0.2) is 4.67 Å². The van der Waals surface area contributed by atoms with E-state index in [2.05, 4.69) is 46.6 Å². The highest BCUT2D eigenvalue weighted by Crippen LogP contribution is 2.60. The first-order chi connectivity index (χ1) is 11.6. The Morgan fingerprint density at radius 1 is 0.923 bits per heavy atom. The Kier molecular flexibility index (Phi) is 10.6. The van der Waals surface area contributed by atoms with Crippen molar-refractivity contribution >= 4 is 7.52 Å². The summed E-state index contributed by atoms with van der Waals surface area (Å²) >= 11 is 0. The molecule has 0 rings (SSSR count). The smallest absolute Gasteiger partial charge is 0.277 e. The molecule has 0 aliphatic carbocycles. The molecule has 0 bridgehead atoms. The molecule has 26 heavy (non-hydrogen) atoms. The molecular formula is C21H47N2O2P. The van der Waals surface area contributed by atoms with Gasteiger partial charge in [-0.15, -0.1) is 0 Å². The maximum absolute atomic E-state index is 13.1. The molecule has 0 saturated heterocycles. The molecule has 0 amide bonds. The molecule has 0 aromatic rings. The fraction of sp³-hybridized carbons (Fsp3) is 1.00. The molecule has 0 fully saturated rings. The molecule has 158 valence electrons. The second kappa shape index (κ2) is 10.6. The maximum atomic E-state index is 13.1. The van der Waals surface area contributed by atoms with Gasteiger partial charge in [-0.1, -0.05) is 13.8 Å². The van der Waals surface area contributed by atoms with Crippen LogP contribution in [0.5, 0.6) is 0 Å². The van der Waals surface area contributed by atoms with Crippen molar-refractivity contribution in [2.45, 2.75) is 91.8 Å². The van der Waals surface area contributed by atoms with E-state index in [1.165, 1.54) is 19.3 Å². The molecule has 5 heteroatoms. The molecule has 3 atom stereocenters. The van der Waals surface area contributed by atoms with Crippen LogP contribution < -0.4 is 0 Å². The molecule has 0 aliphatic heterocycles. The van der Waals surface area contributed by atoms with Gasteiger partial charge in [0.1, 0.15) is 0 Å². The van der Waals surface area contributed by atoms with Crippen LogP contribution >= 0.6 is 7.52 Å². The van der Waals surface area contributed by atoms with E-state index in [1.807, 2.05) is 32.5 Å². The lowest BCUT2D eigenvalue weighted by Crippen LogP contribution is -2.39. The molecule has 0 aliphatic rings. The van der Waals surface area contributed by atoms with Gasteiger partial charge in [0, 0.05) is 19.2 Å². The third-order valence-corrected chi connectivity index (χ3v) is 8.92. The first-order valence-electron chi connectivity index (χ1n) is 10.2. The summed E-state index contributed by atoms with van der Waals surface area (Å²) in [5.41, 5.74) is 0.248. The highest BCUT2D eigenvalue weighted by Gasteiger charge is 2.40. The average molecular weight is 391 g/mol. The lowest BCUT2D eigenvalue weighted by molar-refractivity contribution is 0.162. The van der Waals surface area contributed by atoms with Crippen molar-refractivity contribution in [1.29, 1.82) is 0 Å². The van der Waals surface area contributed by atoms with Gasteiger partial charge in [0.25, 0.3) is 7.52 Å². The molecule has 0 N–H and O–H groups in total. The largest absolute Gasteiger partial charge is 0.320 e. The van der Waals surface area contributed by atoms with Crippen molar-refractivity contribution < 1.29 is 9.09 Å². The van der Waals surface area contributed by atoms with E-state index in [4.69, 9.17) is 4.52 Å². The van der Waals surface area contributed by atoms with Gasteiger partial charge < -0.3 is 9.42 Å². The minimum atomic E-state index is -2.77. The zero-order valence-corrected chi connectivity index (χ0v) is 20.4. The molecule has 0 saturated carbocycles. The summed E-state index contributed by atoms with van der Waals surface area (Å²) in [6, 6.07) is 0. The van der Waals surface area contributed by atoms with Crippen LogP contribution in [0.25, 0.3) is 0 Å². The van der Waals surface area contributed by atoms with Gasteiger partial charge in [0.15, 0.2) is 0 Å². The van der Waals surface area contributed by atoms with E-state index < -0.39 is 7.52 Å². The molecule has 3 unspecified atom stereocenters. The lowest BCUT2D eigenvalue weighted by atomic mass is 9.91. The third-order valence-electron chi connectivity index (χ3n) is 5.63. The molecule has 0 aromatic carbocycles. The molecule has 0 radical (unpaired) electrons. The summed E-state index contributed by atoms with van der Waals surface area (Å²) in [5.74, 6) is 1.45. The number of rotatable bonds is 11. The summed E-state index contributed by atoms with van der Waals surface area (Å²) in [4.78, 5) is 2.44. The standard InChI is InChI=1S/C21H47N2O2P/c1-18(17-19(2)14-16-22(9)20(3,4)5)13-12-15-23(10)26(24,25-11)21(6,7)8/h18-19H,12-17H2,1-11H3. The fourth-order valence-corrected chi connectivity index (χ4v) is 5.65. The van der Waals surface area contributed by atoms with Crippen LogP contribution in [0.2, 0.25) is 0 Å². The quantitative estimate of drug-likeness (QED) is 0.398. The summed E-state index contributed by atoms with van der Waals surface area (Å²) in [6.07, 6.45) is 4.76. The predicted molar refractivity (Wildman–Crippen MR) is 116 cm³/mol. The highest BCUT2D eigenvalue weighted by atomic mass is 31.2. The van der Waals surface area contributed by atoms with Gasteiger partial charge in [-0.05, 0) is 99.7 Å². The van der Waals surface area contributed by atoms with Crippen molar-refractivity contribution in [2.75, 3.05) is 34.3 Å². The van der Waals surface area contributed by atoms with E-state index in [9.17, 15) is 4.57 Å². The summed E-state index contributed by atoms with van der Waals surface area (Å²) in [6.45, 7) is 19.5. The Labute approximate surface area is 164 Å². The first-order valence-corrected chi connectivity index (χ1v) is 11.8. The molecule has 0 spiro atoms. The molecule has 4 nitrogen and oxygen atoms in total. The van der Waals surface area contributed by atoms with E-state index >= 15 is 0 Å². The van der Waals surface area contributed by atoms with Crippen molar-refractivity contribution in [3.8, 4) is 0 Å². The van der Waals surface area contributed by atoms with E-state index in [1.54, 1.807) is 7.11 Å². The Bertz CT molecular complexity index is 440. The lowest BCUT2D eigenvalue weighted by Gasteiger charge is -2.36. The third kappa shape index (κ3) is 8.42. The zero-order valence-electron chi connectivity index (χ0n) is 19.6. The minimum absolute atomic E-state index is 0.248. The Morgan fingerprint density at radius 3 is 1.85 bits per heavy atom. The van der Waals surface area contributed by atoms with E-state index in [0.717, 1.165) is 25.4 Å². The molecule has 0 heterocycles. The SMILES string of the molecule is COP(=O)(N(C)CCCC(C)CC(C)CCN(C)C(C)(C)C)C(C)(C)C. The topological polar surface area (TPSA) is 32.8 Å². The molecule has 0 aromatic heterocycles. The van der Waals surface area contributed by atoms with Crippen LogP contribution in [0.3, 0.4) is 0 Å². The van der Waals surface area contributed by atoms with Gasteiger partial charge in [-0.3, -0.25) is 4.57 Å². The second-order valence-electron chi connectivity index (χ2n) is 10.2. The number of nitrogens with zero attached hydrogens (tertiary/aromatic N) is 2. The van der Waals surface area contributed by atoms with Crippen LogP contribution in [-0.4, -0.2) is 54.6 Å². The highest BCUT2D eigenvalue weighted by molar-refractivity contribution is 7.58. The van der Waals surface area contributed by atoms with Crippen LogP contribution in [0, 0.1) is 11.8 Å². The zero-order chi connectivity index (χ0) is 20.8. The summed E-state index contributed by atoms with van der Waals surface area (Å²) in [5, 5.41) is -0.351. The van der Waals surface area contributed by atoms with Crippen molar-refractivity contribution in [3.05, 3.63) is 0 Å². The average Bonchev–Trinajstić information content (AvgIpc) is 2.49. The summed E-state index contributed by atoms with van der Waals surface area (Å²) in [7, 11) is 2.95. The van der Waals surface area contributed by atoms with Crippen LogP contribution in [0.15, 0.2) is 0 Å². The van der Waals surface area contributed by atoms with Gasteiger partial charge in [0.2, 0.25) is 0 Å². The van der Waals surface area contributed by atoms with E-state index in [0.29, 0.717) is 5.92 Å². The van der Waals surface area contributed by atoms with Crippen LogP contribution in [-0.2, 0) is 9.09 Å². The second-order valence-corrected chi connectivity index (χ2v) is 13.7. The predicted octanol–water partition coefficient (Wildman–Crippen LogP) is 6.12. The summed E-state index contributed by atoms with van der Waals surface area (Å²) < 4.78 is 20.5. The first kappa shape index (κ1) is 26.1. The number of hydrogen-bond acceptors (Lipinski definition) is 3. The van der Waals surface area contributed by atoms with Crippen molar-refractivity contribution in [3.63, 3.8) is 0 Å². The normalized spacial score (nSPS) is 18.2. The van der Waals surface area contributed by atoms with Crippen LogP contribution in [0.1, 0.15) is 81.1 Å². The fourth-order valence-electron chi connectivity index (χ4n) is 3.40. The van der Waals surface area contributed by atoms with Gasteiger partial charge >= 0.3 is 0 Å². The van der Waals surface area contributed by atoms with E-state index in [-0.39, 0.29) is 10.7 Å². The molecular weight excluding hydrogens is 343 g/mol. The van der Waals surface area contributed by atoms with Crippen molar-refractivity contribution in [2.24, 2.45) is 11.8 Å². The minimum Gasteiger partial charge on any atom is -0.320 e. The van der Waals surface area contributed by atoms with Crippen molar-refractivity contribution in [1.82, 2.24) is 9.57 Å². The Balaban J connectivity index is 4.27. The van der Waals surface area contributed by atoms with Gasteiger partial charge in [0.05, 0.1) is 5.16 Å². The number of hydrogen-bond donors (Lipinski definition) is 0. The Morgan fingerprint density at radius 2 is 1.42 bits per heavy atom. The monoisotopic (exact) mass is 390 g/mol.